The lowest BCUT2D eigenvalue weighted by molar-refractivity contribution is -0.147. The first-order chi connectivity index (χ1) is 14.9. The Bertz CT molecular complexity index is 1030. The molecule has 2 aromatic heterocycles. The number of pyridine rings is 2. The Balaban J connectivity index is 1.43. The highest BCUT2D eigenvalue weighted by atomic mass is 32.2. The molecule has 0 aliphatic carbocycles. The number of anilines is 2. The van der Waals surface area contributed by atoms with E-state index in [2.05, 4.69) is 15.3 Å². The second-order valence-corrected chi connectivity index (χ2v) is 9.73. The van der Waals surface area contributed by atoms with E-state index in [1.165, 1.54) is 4.31 Å². The van der Waals surface area contributed by atoms with Crippen LogP contribution in [0.25, 0.3) is 0 Å². The van der Waals surface area contributed by atoms with Gasteiger partial charge >= 0.3 is 0 Å². The van der Waals surface area contributed by atoms with Gasteiger partial charge in [0.15, 0.2) is 0 Å². The van der Waals surface area contributed by atoms with E-state index >= 15 is 0 Å². The molecule has 4 rings (SSSR count). The van der Waals surface area contributed by atoms with Crippen LogP contribution in [0.2, 0.25) is 0 Å². The fourth-order valence-electron chi connectivity index (χ4n) is 4.00. The molecule has 2 fully saturated rings. The highest BCUT2D eigenvalue weighted by Crippen LogP contribution is 2.34. The molecule has 31 heavy (non-hydrogen) atoms. The van der Waals surface area contributed by atoms with Gasteiger partial charge in [0.05, 0.1) is 29.4 Å². The van der Waals surface area contributed by atoms with Gasteiger partial charge < -0.3 is 5.32 Å². The molecule has 1 atom stereocenters. The van der Waals surface area contributed by atoms with Gasteiger partial charge in [-0.25, -0.2) is 13.4 Å². The minimum absolute atomic E-state index is 0.0937. The molecule has 2 aliphatic heterocycles. The van der Waals surface area contributed by atoms with Crippen LogP contribution in [0.15, 0.2) is 42.7 Å². The number of aromatic nitrogens is 2. The topological polar surface area (TPSA) is 113 Å². The number of nitrogens with zero attached hydrogens (tertiary/aromatic N) is 4. The van der Waals surface area contributed by atoms with Crippen molar-refractivity contribution in [3.63, 3.8) is 0 Å². The first kappa shape index (κ1) is 21.4. The fraction of sp³-hybridized carbons (Fsp3) is 0.429. The van der Waals surface area contributed by atoms with E-state index in [1.807, 2.05) is 30.3 Å². The average molecular weight is 444 g/mol. The molecule has 4 heterocycles. The largest absolute Gasteiger partial charge is 0.339 e. The number of hydrogen-bond donors (Lipinski definition) is 1. The van der Waals surface area contributed by atoms with Crippen LogP contribution in [-0.4, -0.2) is 58.2 Å². The summed E-state index contributed by atoms with van der Waals surface area (Å²) < 4.78 is 27.5. The Kier molecular flexibility index (Phi) is 6.28. The van der Waals surface area contributed by atoms with Crippen molar-refractivity contribution in [3.8, 4) is 0 Å². The molecule has 164 valence electrons. The van der Waals surface area contributed by atoms with Crippen molar-refractivity contribution in [2.45, 2.75) is 38.1 Å². The summed E-state index contributed by atoms with van der Waals surface area (Å²) in [6.07, 6.45) is 5.89. The van der Waals surface area contributed by atoms with Crippen LogP contribution in [-0.2, 0) is 19.6 Å². The van der Waals surface area contributed by atoms with Crippen LogP contribution in [0.3, 0.4) is 0 Å². The minimum Gasteiger partial charge on any atom is -0.339 e. The fourth-order valence-corrected chi connectivity index (χ4v) is 5.66. The van der Waals surface area contributed by atoms with Crippen LogP contribution in [0, 0.1) is 0 Å². The van der Waals surface area contributed by atoms with Gasteiger partial charge in [0, 0.05) is 32.1 Å². The third-order valence-corrected chi connectivity index (χ3v) is 7.43. The number of sulfonamides is 1. The number of likely N-dealkylation sites (tertiary alicyclic amines) is 1. The van der Waals surface area contributed by atoms with Crippen molar-refractivity contribution in [1.82, 2.24) is 19.2 Å². The molecule has 2 aliphatic rings. The maximum absolute atomic E-state index is 13.0. The summed E-state index contributed by atoms with van der Waals surface area (Å²) in [7, 11) is -3.64. The van der Waals surface area contributed by atoms with Crippen LogP contribution in [0.1, 0.15) is 43.8 Å². The summed E-state index contributed by atoms with van der Waals surface area (Å²) in [5.41, 5.74) is 1.44. The maximum atomic E-state index is 13.0. The van der Waals surface area contributed by atoms with E-state index in [0.717, 1.165) is 17.0 Å². The molecular formula is C21H25N5O4S. The number of piperidine rings is 1. The van der Waals surface area contributed by atoms with Crippen LogP contribution in [0.5, 0.6) is 0 Å². The molecule has 0 saturated carbocycles. The Morgan fingerprint density at radius 1 is 1.03 bits per heavy atom. The van der Waals surface area contributed by atoms with E-state index in [4.69, 9.17) is 0 Å². The zero-order valence-electron chi connectivity index (χ0n) is 17.1. The molecule has 1 unspecified atom stereocenters. The Morgan fingerprint density at radius 2 is 1.84 bits per heavy atom. The van der Waals surface area contributed by atoms with Crippen molar-refractivity contribution < 1.29 is 18.0 Å². The first-order valence-corrected chi connectivity index (χ1v) is 12.0. The average Bonchev–Trinajstić information content (AvgIpc) is 3.26. The predicted octanol–water partition coefficient (Wildman–Crippen LogP) is 2.23. The number of hydrogen-bond acceptors (Lipinski definition) is 7. The van der Waals surface area contributed by atoms with Crippen molar-refractivity contribution in [2.24, 2.45) is 0 Å². The van der Waals surface area contributed by atoms with Gasteiger partial charge in [-0.15, -0.1) is 0 Å². The number of imide groups is 1. The second-order valence-electron chi connectivity index (χ2n) is 7.69. The summed E-state index contributed by atoms with van der Waals surface area (Å²) in [5.74, 6) is -0.145. The number of carbonyl (C=O) groups is 2. The summed E-state index contributed by atoms with van der Waals surface area (Å²) in [6, 6.07) is 8.88. The van der Waals surface area contributed by atoms with Crippen molar-refractivity contribution in [3.05, 3.63) is 48.4 Å². The summed E-state index contributed by atoms with van der Waals surface area (Å²) in [4.78, 5) is 33.7. The summed E-state index contributed by atoms with van der Waals surface area (Å²) >= 11 is 0. The SMILES string of the molecule is O=C1CCCC(=O)N1CCS(=O)(=O)N1CCCC1c1ccc(Nc2ccccn2)cn1. The number of amides is 2. The predicted molar refractivity (Wildman–Crippen MR) is 115 cm³/mol. The van der Waals surface area contributed by atoms with Gasteiger partial charge in [-0.05, 0) is 43.5 Å². The lowest BCUT2D eigenvalue weighted by Crippen LogP contribution is -2.44. The normalized spacial score (nSPS) is 20.3. The number of carbonyl (C=O) groups excluding carboxylic acids is 2. The lowest BCUT2D eigenvalue weighted by atomic mass is 10.1. The van der Waals surface area contributed by atoms with Gasteiger partial charge in [0.25, 0.3) is 0 Å². The summed E-state index contributed by atoms with van der Waals surface area (Å²) in [6.45, 7) is 0.314. The molecular weight excluding hydrogens is 418 g/mol. The lowest BCUT2D eigenvalue weighted by Gasteiger charge is -2.27. The Hall–Kier alpha value is -2.85. The second kappa shape index (κ2) is 9.11. The van der Waals surface area contributed by atoms with Gasteiger partial charge in [-0.3, -0.25) is 19.5 Å². The van der Waals surface area contributed by atoms with E-state index in [9.17, 15) is 18.0 Å². The van der Waals surface area contributed by atoms with E-state index in [0.29, 0.717) is 43.7 Å². The molecule has 2 aromatic rings. The third kappa shape index (κ3) is 4.91. The van der Waals surface area contributed by atoms with Crippen LogP contribution < -0.4 is 5.32 Å². The van der Waals surface area contributed by atoms with Crippen molar-refractivity contribution >= 4 is 33.3 Å². The first-order valence-electron chi connectivity index (χ1n) is 10.4. The van der Waals surface area contributed by atoms with Gasteiger partial charge in [0.2, 0.25) is 21.8 Å². The molecule has 10 heteroatoms. The van der Waals surface area contributed by atoms with Crippen LogP contribution in [0.4, 0.5) is 11.5 Å². The highest BCUT2D eigenvalue weighted by Gasteiger charge is 2.37. The monoisotopic (exact) mass is 443 g/mol. The van der Waals surface area contributed by atoms with Gasteiger partial charge in [0.1, 0.15) is 5.82 Å². The minimum atomic E-state index is -3.64. The molecule has 0 spiro atoms. The summed E-state index contributed by atoms with van der Waals surface area (Å²) in [5, 5.41) is 3.15. The molecule has 0 bridgehead atoms. The smallest absolute Gasteiger partial charge is 0.229 e. The van der Waals surface area contributed by atoms with E-state index < -0.39 is 10.0 Å². The van der Waals surface area contributed by atoms with Crippen LogP contribution >= 0.6 is 0 Å². The number of nitrogens with one attached hydrogen (secondary N) is 1. The standard InChI is InChI=1S/C21H25N5O4S/c27-20-7-3-8-21(28)25(20)13-14-31(29,30)26-12-4-5-18(26)17-10-9-16(15-23-17)24-19-6-1-2-11-22-19/h1-2,6,9-11,15,18H,3-5,7-8,12-14H2,(H,22,24). The van der Waals surface area contributed by atoms with Crippen molar-refractivity contribution in [2.75, 3.05) is 24.2 Å². The molecule has 0 aromatic carbocycles. The molecule has 0 radical (unpaired) electrons. The maximum Gasteiger partial charge on any atom is 0.229 e. The van der Waals surface area contributed by atoms with E-state index in [1.54, 1.807) is 12.4 Å². The Morgan fingerprint density at radius 3 is 2.52 bits per heavy atom. The third-order valence-electron chi connectivity index (χ3n) is 5.58. The molecule has 1 N–H and O–H groups in total. The van der Waals surface area contributed by atoms with Gasteiger partial charge in [-0.2, -0.15) is 4.31 Å². The number of rotatable bonds is 7. The van der Waals surface area contributed by atoms with Gasteiger partial charge in [-0.1, -0.05) is 6.07 Å². The zero-order valence-corrected chi connectivity index (χ0v) is 17.9. The molecule has 2 saturated heterocycles. The highest BCUT2D eigenvalue weighted by molar-refractivity contribution is 7.89. The quantitative estimate of drug-likeness (QED) is 0.653. The Labute approximate surface area is 181 Å². The zero-order chi connectivity index (χ0) is 21.8. The molecule has 2 amide bonds. The van der Waals surface area contributed by atoms with Crippen molar-refractivity contribution in [1.29, 1.82) is 0 Å². The molecule has 9 nitrogen and oxygen atoms in total. The van der Waals surface area contributed by atoms with E-state index in [-0.39, 0.29) is 30.2 Å².